The van der Waals surface area contributed by atoms with Crippen molar-refractivity contribution in [2.75, 3.05) is 14.2 Å². The molecule has 0 unspecified atom stereocenters. The Morgan fingerprint density at radius 3 is 2.11 bits per heavy atom. The highest BCUT2D eigenvalue weighted by Gasteiger charge is 2.31. The van der Waals surface area contributed by atoms with Crippen LogP contribution in [0.25, 0.3) is 10.8 Å². The van der Waals surface area contributed by atoms with Crippen LogP contribution in [-0.4, -0.2) is 30.9 Å². The van der Waals surface area contributed by atoms with E-state index in [2.05, 4.69) is 0 Å². The maximum Gasteiger partial charge on any atom is 0.261 e. The van der Waals surface area contributed by atoms with E-state index in [9.17, 15) is 9.59 Å². The third kappa shape index (κ3) is 1.40. The van der Waals surface area contributed by atoms with Gasteiger partial charge in [-0.25, -0.2) is 0 Å². The van der Waals surface area contributed by atoms with E-state index < -0.39 is 0 Å². The summed E-state index contributed by atoms with van der Waals surface area (Å²) < 4.78 is 5.35. The maximum atomic E-state index is 12.2. The monoisotopic (exact) mass is 255 g/mol. The molecule has 1 aliphatic rings. The van der Waals surface area contributed by atoms with Crippen molar-refractivity contribution < 1.29 is 14.3 Å². The first-order valence-electron chi connectivity index (χ1n) is 5.99. The molecule has 0 saturated heterocycles. The Morgan fingerprint density at radius 2 is 1.53 bits per heavy atom. The van der Waals surface area contributed by atoms with Gasteiger partial charge in [-0.2, -0.15) is 0 Å². The van der Waals surface area contributed by atoms with Crippen LogP contribution in [0.4, 0.5) is 0 Å². The number of amides is 2. The number of carbonyl (C=O) groups excluding carboxylic acids is 2. The van der Waals surface area contributed by atoms with E-state index in [1.54, 1.807) is 25.3 Å². The number of ether oxygens (including phenoxy) is 1. The van der Waals surface area contributed by atoms with Crippen LogP contribution in [0.1, 0.15) is 26.3 Å². The van der Waals surface area contributed by atoms with E-state index in [-0.39, 0.29) is 11.8 Å². The van der Waals surface area contributed by atoms with Gasteiger partial charge in [-0.1, -0.05) is 6.07 Å². The lowest BCUT2D eigenvalue weighted by molar-refractivity contribution is 0.0650. The Kier molecular flexibility index (Phi) is 2.35. The molecule has 1 aliphatic heterocycles. The van der Waals surface area contributed by atoms with Crippen molar-refractivity contribution in [3.05, 3.63) is 41.0 Å². The van der Waals surface area contributed by atoms with E-state index >= 15 is 0 Å². The van der Waals surface area contributed by atoms with Crippen molar-refractivity contribution in [1.82, 2.24) is 4.90 Å². The molecule has 2 aromatic carbocycles. The largest absolute Gasteiger partial charge is 0.496 e. The van der Waals surface area contributed by atoms with Crippen molar-refractivity contribution in [2.45, 2.75) is 6.92 Å². The molecule has 0 N–H and O–H groups in total. The lowest BCUT2D eigenvalue weighted by Crippen LogP contribution is -2.36. The van der Waals surface area contributed by atoms with Crippen molar-refractivity contribution in [3.8, 4) is 5.75 Å². The Bertz CT molecular complexity index is 711. The van der Waals surface area contributed by atoms with Gasteiger partial charge in [0.05, 0.1) is 7.11 Å². The lowest BCUT2D eigenvalue weighted by Gasteiger charge is -2.25. The molecule has 3 rings (SSSR count). The van der Waals surface area contributed by atoms with E-state index in [1.165, 1.54) is 7.05 Å². The molecule has 0 atom stereocenters. The van der Waals surface area contributed by atoms with E-state index in [0.717, 1.165) is 15.8 Å². The molecule has 0 bridgehead atoms. The van der Waals surface area contributed by atoms with Gasteiger partial charge >= 0.3 is 0 Å². The summed E-state index contributed by atoms with van der Waals surface area (Å²) in [5.41, 5.74) is 2.09. The van der Waals surface area contributed by atoms with Gasteiger partial charge in [-0.15, -0.1) is 0 Å². The van der Waals surface area contributed by atoms with Gasteiger partial charge in [0, 0.05) is 28.9 Å². The minimum atomic E-state index is -0.268. The van der Waals surface area contributed by atoms with Crippen molar-refractivity contribution in [3.63, 3.8) is 0 Å². The predicted octanol–water partition coefficient (Wildman–Crippen LogP) is 2.38. The molecule has 2 amide bonds. The summed E-state index contributed by atoms with van der Waals surface area (Å²) in [6.07, 6.45) is 0. The molecule has 0 spiro atoms. The Balaban J connectivity index is 2.54. The summed E-state index contributed by atoms with van der Waals surface area (Å²) >= 11 is 0. The first-order chi connectivity index (χ1) is 9.06. The van der Waals surface area contributed by atoms with Gasteiger partial charge in [-0.3, -0.25) is 14.5 Å². The second-order valence-corrected chi connectivity index (χ2v) is 4.66. The smallest absolute Gasteiger partial charge is 0.261 e. The average molecular weight is 255 g/mol. The first kappa shape index (κ1) is 11.7. The number of rotatable bonds is 1. The van der Waals surface area contributed by atoms with Crippen LogP contribution in [0.2, 0.25) is 0 Å². The molecule has 2 aromatic rings. The molecule has 4 heteroatoms. The van der Waals surface area contributed by atoms with Crippen molar-refractivity contribution in [2.24, 2.45) is 0 Å². The number of aryl methyl sites for hydroxylation is 1. The maximum absolute atomic E-state index is 12.2. The fourth-order valence-corrected chi connectivity index (χ4v) is 2.61. The van der Waals surface area contributed by atoms with E-state index in [0.29, 0.717) is 22.3 Å². The number of imide groups is 1. The quantitative estimate of drug-likeness (QED) is 0.735. The van der Waals surface area contributed by atoms with Gasteiger partial charge in [0.15, 0.2) is 0 Å². The molecule has 0 aliphatic carbocycles. The SMILES string of the molecule is COc1ccc2c3c(ccc(C)c13)C(=O)N(C)C2=O. The van der Waals surface area contributed by atoms with Crippen LogP contribution >= 0.6 is 0 Å². The number of nitrogens with zero attached hydrogens (tertiary/aromatic N) is 1. The second-order valence-electron chi connectivity index (χ2n) is 4.66. The van der Waals surface area contributed by atoms with E-state index in [4.69, 9.17) is 4.74 Å². The summed E-state index contributed by atoms with van der Waals surface area (Å²) in [5.74, 6) is 0.148. The highest BCUT2D eigenvalue weighted by atomic mass is 16.5. The number of hydrogen-bond acceptors (Lipinski definition) is 3. The highest BCUT2D eigenvalue weighted by molar-refractivity contribution is 6.26. The summed E-state index contributed by atoms with van der Waals surface area (Å²) in [6, 6.07) is 7.14. The van der Waals surface area contributed by atoms with Crippen LogP contribution in [0, 0.1) is 6.92 Å². The van der Waals surface area contributed by atoms with Gasteiger partial charge in [0.25, 0.3) is 11.8 Å². The highest BCUT2D eigenvalue weighted by Crippen LogP contribution is 2.36. The molecule has 1 heterocycles. The summed E-state index contributed by atoms with van der Waals surface area (Å²) in [4.78, 5) is 25.5. The van der Waals surface area contributed by atoms with Crippen LogP contribution in [0.15, 0.2) is 24.3 Å². The zero-order chi connectivity index (χ0) is 13.7. The molecular weight excluding hydrogens is 242 g/mol. The fraction of sp³-hybridized carbons (Fsp3) is 0.200. The predicted molar refractivity (Wildman–Crippen MR) is 71.7 cm³/mol. The number of hydrogen-bond donors (Lipinski definition) is 0. The molecule has 0 radical (unpaired) electrons. The van der Waals surface area contributed by atoms with Crippen LogP contribution in [0.5, 0.6) is 5.75 Å². The molecule has 4 nitrogen and oxygen atoms in total. The van der Waals surface area contributed by atoms with Gasteiger partial charge in [0.2, 0.25) is 0 Å². The molecule has 0 saturated carbocycles. The Hall–Kier alpha value is -2.36. The normalized spacial score (nSPS) is 14.2. The van der Waals surface area contributed by atoms with Crippen LogP contribution in [-0.2, 0) is 0 Å². The Morgan fingerprint density at radius 1 is 0.947 bits per heavy atom. The third-order valence-electron chi connectivity index (χ3n) is 3.62. The first-order valence-corrected chi connectivity index (χ1v) is 5.99. The minimum Gasteiger partial charge on any atom is -0.496 e. The topological polar surface area (TPSA) is 46.6 Å². The molecule has 0 aromatic heterocycles. The van der Waals surface area contributed by atoms with Gasteiger partial charge in [0.1, 0.15) is 5.75 Å². The minimum absolute atomic E-state index is 0.268. The van der Waals surface area contributed by atoms with Gasteiger partial charge < -0.3 is 4.74 Å². The Labute approximate surface area is 110 Å². The lowest BCUT2D eigenvalue weighted by atomic mass is 9.91. The molecule has 19 heavy (non-hydrogen) atoms. The zero-order valence-corrected chi connectivity index (χ0v) is 11.0. The number of benzene rings is 2. The molecule has 96 valence electrons. The standard InChI is InChI=1S/C15H13NO3/c1-8-4-5-9-13-10(15(18)16(2)14(9)17)6-7-11(19-3)12(8)13/h4-7H,1-3H3. The van der Waals surface area contributed by atoms with Crippen molar-refractivity contribution >= 4 is 22.6 Å². The van der Waals surface area contributed by atoms with Crippen LogP contribution < -0.4 is 4.74 Å². The van der Waals surface area contributed by atoms with E-state index in [1.807, 2.05) is 13.0 Å². The molecular formula is C15H13NO3. The summed E-state index contributed by atoms with van der Waals surface area (Å²) in [5, 5.41) is 1.54. The zero-order valence-electron chi connectivity index (χ0n) is 11.0. The van der Waals surface area contributed by atoms with Crippen molar-refractivity contribution in [1.29, 1.82) is 0 Å². The average Bonchev–Trinajstić information content (AvgIpc) is 2.43. The summed E-state index contributed by atoms with van der Waals surface area (Å²) in [7, 11) is 3.09. The van der Waals surface area contributed by atoms with Gasteiger partial charge in [-0.05, 0) is 30.7 Å². The third-order valence-corrected chi connectivity index (χ3v) is 3.62. The fourth-order valence-electron chi connectivity index (χ4n) is 2.61. The number of methoxy groups -OCH3 is 1. The van der Waals surface area contributed by atoms with Crippen LogP contribution in [0.3, 0.4) is 0 Å². The number of carbonyl (C=O) groups is 2. The summed E-state index contributed by atoms with van der Waals surface area (Å²) in [6.45, 7) is 1.94. The molecule has 0 fully saturated rings. The second kappa shape index (κ2) is 3.82.